The first-order chi connectivity index (χ1) is 19.6. The number of hydrogen-bond acceptors (Lipinski definition) is 3. The average Bonchev–Trinajstić information content (AvgIpc) is 2.93. The standard InChI is InChI=1S/C37H45NO3/c1-8-12-26-22-33-31(20-24(26)3)35(32-21-25(4)27(13-9-2)23-34(32)40-33)29-14-10-11-15-30(29)36(39)38-18-16-28(17-19-38)41-37(5,6)7/h10-12,14-15,20-23,28H,8-9,13,16-19H2,1-7H3/b26-12-. The van der Waals surface area contributed by atoms with Gasteiger partial charge in [0.2, 0.25) is 0 Å². The Morgan fingerprint density at radius 1 is 0.976 bits per heavy atom. The summed E-state index contributed by atoms with van der Waals surface area (Å²) in [5, 5.41) is 2.24. The zero-order chi connectivity index (χ0) is 29.3. The summed E-state index contributed by atoms with van der Waals surface area (Å²) < 4.78 is 12.9. The Morgan fingerprint density at radius 3 is 2.39 bits per heavy atom. The van der Waals surface area contributed by atoms with E-state index in [0.717, 1.165) is 71.1 Å². The summed E-state index contributed by atoms with van der Waals surface area (Å²) in [5.74, 6) is 1.81. The molecule has 0 saturated carbocycles. The average molecular weight is 552 g/mol. The lowest BCUT2D eigenvalue weighted by atomic mass is 9.86. The molecule has 0 radical (unpaired) electrons. The minimum absolute atomic E-state index is 0.0869. The van der Waals surface area contributed by atoms with Crippen LogP contribution >= 0.6 is 0 Å². The van der Waals surface area contributed by atoms with Crippen molar-refractivity contribution in [3.05, 3.63) is 92.3 Å². The van der Waals surface area contributed by atoms with E-state index < -0.39 is 0 Å². The fourth-order valence-electron chi connectivity index (χ4n) is 6.26. The molecular formula is C37H45NO3. The zero-order valence-corrected chi connectivity index (χ0v) is 25.9. The molecule has 41 heavy (non-hydrogen) atoms. The van der Waals surface area contributed by atoms with Crippen molar-refractivity contribution in [2.45, 2.75) is 92.3 Å². The van der Waals surface area contributed by atoms with Crippen LogP contribution in [0.5, 0.6) is 11.5 Å². The van der Waals surface area contributed by atoms with Crippen LogP contribution in [-0.4, -0.2) is 35.6 Å². The normalized spacial score (nSPS) is 15.9. The topological polar surface area (TPSA) is 38.8 Å². The Hall–Kier alpha value is -3.37. The van der Waals surface area contributed by atoms with E-state index in [-0.39, 0.29) is 17.6 Å². The monoisotopic (exact) mass is 551 g/mol. The molecule has 1 amide bonds. The van der Waals surface area contributed by atoms with E-state index >= 15 is 0 Å². The molecule has 4 nitrogen and oxygen atoms in total. The molecule has 3 aromatic carbocycles. The lowest BCUT2D eigenvalue weighted by Gasteiger charge is -2.36. The van der Waals surface area contributed by atoms with Gasteiger partial charge in [-0.25, -0.2) is 0 Å². The van der Waals surface area contributed by atoms with Gasteiger partial charge in [-0.15, -0.1) is 0 Å². The fourth-order valence-corrected chi connectivity index (χ4v) is 6.26. The second-order valence-corrected chi connectivity index (χ2v) is 12.6. The molecule has 216 valence electrons. The highest BCUT2D eigenvalue weighted by molar-refractivity contribution is 6.02. The SMILES string of the molecule is CC/C=c1/cc2c(cc1C)=C(c1ccccc1C(=O)N1CCC(OC(C)(C)C)CC1)c1cc(C)c(CCC)cc1O2. The molecule has 3 aromatic rings. The first-order valence-electron chi connectivity index (χ1n) is 15.3. The van der Waals surface area contributed by atoms with E-state index in [1.54, 1.807) is 0 Å². The minimum Gasteiger partial charge on any atom is -0.456 e. The lowest BCUT2D eigenvalue weighted by Crippen LogP contribution is -2.43. The van der Waals surface area contributed by atoms with Gasteiger partial charge in [0.05, 0.1) is 11.7 Å². The van der Waals surface area contributed by atoms with Crippen molar-refractivity contribution in [2.75, 3.05) is 13.1 Å². The van der Waals surface area contributed by atoms with Crippen LogP contribution in [0.4, 0.5) is 0 Å². The van der Waals surface area contributed by atoms with Gasteiger partial charge in [-0.05, 0) is 118 Å². The van der Waals surface area contributed by atoms with Crippen LogP contribution in [-0.2, 0) is 11.2 Å². The van der Waals surface area contributed by atoms with Crippen molar-refractivity contribution in [3.63, 3.8) is 0 Å². The van der Waals surface area contributed by atoms with E-state index in [1.807, 2.05) is 23.1 Å². The number of amides is 1. The van der Waals surface area contributed by atoms with Crippen LogP contribution < -0.4 is 15.2 Å². The summed E-state index contributed by atoms with van der Waals surface area (Å²) in [4.78, 5) is 16.1. The number of nitrogens with zero attached hydrogens (tertiary/aromatic N) is 1. The number of aryl methyl sites for hydroxylation is 3. The molecule has 0 aromatic heterocycles. The van der Waals surface area contributed by atoms with Gasteiger partial charge in [-0.3, -0.25) is 4.79 Å². The number of likely N-dealkylation sites (tertiary alicyclic amines) is 1. The number of benzene rings is 3. The van der Waals surface area contributed by atoms with Crippen molar-refractivity contribution in [1.82, 2.24) is 4.90 Å². The highest BCUT2D eigenvalue weighted by atomic mass is 16.5. The van der Waals surface area contributed by atoms with Gasteiger partial charge in [-0.2, -0.15) is 0 Å². The molecule has 2 aliphatic heterocycles. The van der Waals surface area contributed by atoms with Crippen LogP contribution in [0.2, 0.25) is 0 Å². The van der Waals surface area contributed by atoms with Crippen molar-refractivity contribution < 1.29 is 14.3 Å². The Bertz CT molecular complexity index is 1570. The van der Waals surface area contributed by atoms with Gasteiger partial charge >= 0.3 is 0 Å². The van der Waals surface area contributed by atoms with Crippen molar-refractivity contribution >= 4 is 17.6 Å². The Labute approximate surface area is 245 Å². The predicted octanol–water partition coefficient (Wildman–Crippen LogP) is 7.22. The maximum atomic E-state index is 14.1. The number of carbonyl (C=O) groups is 1. The Balaban J connectivity index is 1.64. The first-order valence-corrected chi connectivity index (χ1v) is 15.3. The number of ether oxygens (including phenoxy) is 2. The molecular weight excluding hydrogens is 506 g/mol. The number of fused-ring (bicyclic) bond motifs is 2. The predicted molar refractivity (Wildman–Crippen MR) is 168 cm³/mol. The van der Waals surface area contributed by atoms with Crippen LogP contribution in [0.1, 0.15) is 98.5 Å². The van der Waals surface area contributed by atoms with Gasteiger partial charge in [0, 0.05) is 35.0 Å². The highest BCUT2D eigenvalue weighted by Gasteiger charge is 2.30. The summed E-state index contributed by atoms with van der Waals surface area (Å²) >= 11 is 0. The lowest BCUT2D eigenvalue weighted by molar-refractivity contribution is -0.0791. The van der Waals surface area contributed by atoms with Gasteiger partial charge in [-0.1, -0.05) is 44.5 Å². The van der Waals surface area contributed by atoms with E-state index in [1.165, 1.54) is 21.9 Å². The van der Waals surface area contributed by atoms with Crippen molar-refractivity contribution in [3.8, 4) is 11.5 Å². The first kappa shape index (κ1) is 29.1. The molecule has 4 heteroatoms. The molecule has 0 bridgehead atoms. The van der Waals surface area contributed by atoms with Gasteiger partial charge in [0.25, 0.3) is 5.91 Å². The van der Waals surface area contributed by atoms with Crippen LogP contribution in [0.3, 0.4) is 0 Å². The smallest absolute Gasteiger partial charge is 0.254 e. The molecule has 2 heterocycles. The Morgan fingerprint density at radius 2 is 1.71 bits per heavy atom. The van der Waals surface area contributed by atoms with E-state index in [4.69, 9.17) is 9.47 Å². The third-order valence-electron chi connectivity index (χ3n) is 8.18. The molecule has 0 atom stereocenters. The largest absolute Gasteiger partial charge is 0.456 e. The molecule has 1 saturated heterocycles. The molecule has 0 N–H and O–H groups in total. The zero-order valence-electron chi connectivity index (χ0n) is 25.9. The summed E-state index contributed by atoms with van der Waals surface area (Å²) in [6.45, 7) is 16.4. The molecule has 2 aliphatic rings. The number of piperidine rings is 1. The fraction of sp³-hybridized carbons (Fsp3) is 0.432. The molecule has 1 fully saturated rings. The van der Waals surface area contributed by atoms with E-state index in [9.17, 15) is 4.79 Å². The number of hydrogen-bond donors (Lipinski definition) is 0. The van der Waals surface area contributed by atoms with Crippen LogP contribution in [0, 0.1) is 13.8 Å². The second kappa shape index (κ2) is 11.9. The minimum atomic E-state index is -0.175. The van der Waals surface area contributed by atoms with E-state index in [2.05, 4.69) is 84.9 Å². The third-order valence-corrected chi connectivity index (χ3v) is 8.18. The maximum absolute atomic E-state index is 14.1. The quantitative estimate of drug-likeness (QED) is 0.254. The van der Waals surface area contributed by atoms with Gasteiger partial charge in [0.1, 0.15) is 11.5 Å². The maximum Gasteiger partial charge on any atom is 0.254 e. The Kier molecular flexibility index (Phi) is 8.42. The molecule has 5 rings (SSSR count). The number of carbonyl (C=O) groups excluding carboxylic acids is 1. The van der Waals surface area contributed by atoms with Crippen LogP contribution in [0.15, 0.2) is 48.5 Å². The number of rotatable bonds is 6. The molecule has 0 aliphatic carbocycles. The summed E-state index contributed by atoms with van der Waals surface area (Å²) in [5.41, 5.74) is 7.44. The van der Waals surface area contributed by atoms with Gasteiger partial charge in [0.15, 0.2) is 0 Å². The summed E-state index contributed by atoms with van der Waals surface area (Å²) in [6, 6.07) is 17.0. The van der Waals surface area contributed by atoms with Crippen molar-refractivity contribution in [2.24, 2.45) is 0 Å². The summed E-state index contributed by atoms with van der Waals surface area (Å²) in [6.07, 6.45) is 7.20. The highest BCUT2D eigenvalue weighted by Crippen LogP contribution is 2.39. The van der Waals surface area contributed by atoms with Crippen LogP contribution in [0.25, 0.3) is 11.6 Å². The van der Waals surface area contributed by atoms with Crippen molar-refractivity contribution in [1.29, 1.82) is 0 Å². The summed E-state index contributed by atoms with van der Waals surface area (Å²) in [7, 11) is 0. The van der Waals surface area contributed by atoms with E-state index in [0.29, 0.717) is 13.1 Å². The third kappa shape index (κ3) is 6.13. The molecule has 0 unspecified atom stereocenters. The molecule has 0 spiro atoms. The van der Waals surface area contributed by atoms with Gasteiger partial charge < -0.3 is 14.4 Å². The second-order valence-electron chi connectivity index (χ2n) is 12.6.